The van der Waals surface area contributed by atoms with E-state index in [2.05, 4.69) is 22.0 Å². The number of carbonyl (C=O) groups excluding carboxylic acids is 1. The predicted octanol–water partition coefficient (Wildman–Crippen LogP) is 2.08. The first-order chi connectivity index (χ1) is 9.58. The normalized spacial score (nSPS) is 16.9. The monoisotopic (exact) mass is 294 g/mol. The maximum atomic E-state index is 12.3. The maximum Gasteiger partial charge on any atom is 0.251 e. The minimum atomic E-state index is -0.0627. The number of carbonyl (C=O) groups is 1. The molecule has 2 rings (SSSR count). The minimum absolute atomic E-state index is 0.0627. The van der Waals surface area contributed by atoms with Gasteiger partial charge in [-0.1, -0.05) is 12.8 Å². The van der Waals surface area contributed by atoms with Crippen LogP contribution in [0.2, 0.25) is 0 Å². The van der Waals surface area contributed by atoms with Crippen LogP contribution < -0.4 is 16.6 Å². The van der Waals surface area contributed by atoms with Gasteiger partial charge >= 0.3 is 0 Å². The molecule has 1 aliphatic carbocycles. The summed E-state index contributed by atoms with van der Waals surface area (Å²) >= 11 is 1.87. The zero-order valence-corrected chi connectivity index (χ0v) is 12.8. The number of nitrogen functional groups attached to an aromatic ring is 1. The van der Waals surface area contributed by atoms with Crippen LogP contribution in [0.3, 0.4) is 0 Å². The number of nitrogens with one attached hydrogen (secondary N) is 2. The Morgan fingerprint density at radius 3 is 2.75 bits per heavy atom. The zero-order valence-electron chi connectivity index (χ0n) is 12.0. The molecule has 4 N–H and O–H groups in total. The minimum Gasteiger partial charge on any atom is -0.351 e. The molecule has 0 atom stereocenters. The lowest BCUT2D eigenvalue weighted by molar-refractivity contribution is 0.0949. The Bertz CT molecular complexity index is 486. The molecule has 1 fully saturated rings. The summed E-state index contributed by atoms with van der Waals surface area (Å²) in [6.07, 6.45) is 7.00. The van der Waals surface area contributed by atoms with Crippen LogP contribution in [0.15, 0.2) is 12.1 Å². The van der Waals surface area contributed by atoms with Gasteiger partial charge in [-0.05, 0) is 38.2 Å². The number of aryl methyl sites for hydroxylation is 1. The number of thioether (sulfide) groups is 1. The number of anilines is 1. The molecule has 0 aliphatic heterocycles. The van der Waals surface area contributed by atoms with Crippen molar-refractivity contribution in [3.8, 4) is 0 Å². The molecule has 0 spiro atoms. The molecule has 0 radical (unpaired) electrons. The molecule has 1 saturated carbocycles. The fourth-order valence-corrected chi connectivity index (χ4v) is 3.60. The summed E-state index contributed by atoms with van der Waals surface area (Å²) in [5.74, 6) is 5.80. The summed E-state index contributed by atoms with van der Waals surface area (Å²) in [5.41, 5.74) is 3.85. The van der Waals surface area contributed by atoms with Crippen LogP contribution in [0.25, 0.3) is 0 Å². The van der Waals surface area contributed by atoms with Gasteiger partial charge in [-0.3, -0.25) is 4.79 Å². The number of rotatable bonds is 5. The van der Waals surface area contributed by atoms with Crippen molar-refractivity contribution in [2.24, 2.45) is 5.84 Å². The van der Waals surface area contributed by atoms with Crippen molar-refractivity contribution in [1.82, 2.24) is 10.3 Å². The van der Waals surface area contributed by atoms with E-state index in [-0.39, 0.29) is 10.7 Å². The molecule has 0 unspecified atom stereocenters. The van der Waals surface area contributed by atoms with Crippen molar-refractivity contribution in [3.05, 3.63) is 23.4 Å². The van der Waals surface area contributed by atoms with Crippen molar-refractivity contribution < 1.29 is 4.79 Å². The van der Waals surface area contributed by atoms with Crippen molar-refractivity contribution in [3.63, 3.8) is 0 Å². The van der Waals surface area contributed by atoms with E-state index in [1.807, 2.05) is 18.7 Å². The van der Waals surface area contributed by atoms with Crippen LogP contribution in [0.5, 0.6) is 0 Å². The summed E-state index contributed by atoms with van der Waals surface area (Å²) in [7, 11) is 0. The smallest absolute Gasteiger partial charge is 0.251 e. The van der Waals surface area contributed by atoms with Crippen molar-refractivity contribution in [1.29, 1.82) is 0 Å². The molecule has 5 nitrogen and oxygen atoms in total. The molecule has 1 heterocycles. The molecule has 1 aliphatic rings. The molecule has 6 heteroatoms. The molecule has 1 amide bonds. The summed E-state index contributed by atoms with van der Waals surface area (Å²) in [5, 5.41) is 3.06. The summed E-state index contributed by atoms with van der Waals surface area (Å²) < 4.78 is 0.215. The number of nitrogens with two attached hydrogens (primary N) is 1. The van der Waals surface area contributed by atoms with E-state index in [4.69, 9.17) is 5.84 Å². The standard InChI is InChI=1S/C14H22N4OS/c1-10-7-11(8-12(17-10)18-15)13(19)16-9-14(20-2)5-3-4-6-14/h7-8H,3-6,9,15H2,1-2H3,(H,16,19)(H,17,18). The second-order valence-electron chi connectivity index (χ2n) is 5.30. The number of hydrazine groups is 1. The van der Waals surface area contributed by atoms with E-state index in [0.29, 0.717) is 11.4 Å². The van der Waals surface area contributed by atoms with Crippen LogP contribution in [-0.2, 0) is 0 Å². The number of hydrogen-bond donors (Lipinski definition) is 3. The number of pyridine rings is 1. The highest BCUT2D eigenvalue weighted by molar-refractivity contribution is 8.00. The highest BCUT2D eigenvalue weighted by atomic mass is 32.2. The third kappa shape index (κ3) is 3.43. The number of nitrogens with zero attached hydrogens (tertiary/aromatic N) is 1. The van der Waals surface area contributed by atoms with Crippen LogP contribution in [0, 0.1) is 6.92 Å². The van der Waals surface area contributed by atoms with Gasteiger partial charge in [0.15, 0.2) is 0 Å². The molecule has 0 bridgehead atoms. The van der Waals surface area contributed by atoms with E-state index in [1.54, 1.807) is 12.1 Å². The highest BCUT2D eigenvalue weighted by Gasteiger charge is 2.33. The Hall–Kier alpha value is -1.27. The lowest BCUT2D eigenvalue weighted by atomic mass is 10.1. The lowest BCUT2D eigenvalue weighted by Gasteiger charge is -2.26. The molecular formula is C14H22N4OS. The SMILES string of the molecule is CSC1(CNC(=O)c2cc(C)nc(NN)c2)CCCC1. The number of hydrogen-bond acceptors (Lipinski definition) is 5. The third-order valence-electron chi connectivity index (χ3n) is 3.88. The second-order valence-corrected chi connectivity index (χ2v) is 6.58. The van der Waals surface area contributed by atoms with Crippen LogP contribution in [-0.4, -0.2) is 28.4 Å². The van der Waals surface area contributed by atoms with Gasteiger partial charge in [-0.25, -0.2) is 10.8 Å². The number of aromatic nitrogens is 1. The third-order valence-corrected chi connectivity index (χ3v) is 5.30. The molecule has 1 aromatic rings. The molecule has 110 valence electrons. The Kier molecular flexibility index (Phi) is 4.88. The molecule has 1 aromatic heterocycles. The molecule has 0 aromatic carbocycles. The van der Waals surface area contributed by atoms with Crippen LogP contribution in [0.1, 0.15) is 41.7 Å². The van der Waals surface area contributed by atoms with Crippen molar-refractivity contribution >= 4 is 23.5 Å². The number of amides is 1. The van der Waals surface area contributed by atoms with Crippen molar-refractivity contribution in [2.45, 2.75) is 37.4 Å². The molecule has 0 saturated heterocycles. The van der Waals surface area contributed by atoms with Gasteiger partial charge in [0.05, 0.1) is 0 Å². The van der Waals surface area contributed by atoms with E-state index in [9.17, 15) is 4.79 Å². The Balaban J connectivity index is 2.03. The zero-order chi connectivity index (χ0) is 14.6. The molecular weight excluding hydrogens is 272 g/mol. The van der Waals surface area contributed by atoms with Gasteiger partial charge in [0.1, 0.15) is 5.82 Å². The first kappa shape index (κ1) is 15.1. The van der Waals surface area contributed by atoms with E-state index in [0.717, 1.165) is 12.2 Å². The van der Waals surface area contributed by atoms with Crippen molar-refractivity contribution in [2.75, 3.05) is 18.2 Å². The Morgan fingerprint density at radius 2 is 2.15 bits per heavy atom. The largest absolute Gasteiger partial charge is 0.351 e. The van der Waals surface area contributed by atoms with E-state index < -0.39 is 0 Å². The topological polar surface area (TPSA) is 80.0 Å². The average molecular weight is 294 g/mol. The first-order valence-electron chi connectivity index (χ1n) is 6.87. The summed E-state index contributed by atoms with van der Waals surface area (Å²) in [6.45, 7) is 2.57. The Morgan fingerprint density at radius 1 is 1.45 bits per heavy atom. The van der Waals surface area contributed by atoms with Gasteiger partial charge in [0.25, 0.3) is 5.91 Å². The van der Waals surface area contributed by atoms with E-state index in [1.165, 1.54) is 25.7 Å². The maximum absolute atomic E-state index is 12.3. The van der Waals surface area contributed by atoms with Gasteiger partial charge < -0.3 is 10.7 Å². The van der Waals surface area contributed by atoms with Gasteiger partial charge in [0, 0.05) is 22.5 Å². The molecule has 20 heavy (non-hydrogen) atoms. The fourth-order valence-electron chi connectivity index (χ4n) is 2.69. The first-order valence-corrected chi connectivity index (χ1v) is 8.10. The lowest BCUT2D eigenvalue weighted by Crippen LogP contribution is -2.38. The van der Waals surface area contributed by atoms with Gasteiger partial charge in [0.2, 0.25) is 0 Å². The van der Waals surface area contributed by atoms with Crippen LogP contribution in [0.4, 0.5) is 5.82 Å². The second kappa shape index (κ2) is 6.45. The average Bonchev–Trinajstić information content (AvgIpc) is 2.93. The summed E-state index contributed by atoms with van der Waals surface area (Å²) in [6, 6.07) is 3.44. The van der Waals surface area contributed by atoms with Gasteiger partial charge in [-0.15, -0.1) is 0 Å². The summed E-state index contributed by atoms with van der Waals surface area (Å²) in [4.78, 5) is 16.4. The highest BCUT2D eigenvalue weighted by Crippen LogP contribution is 2.39. The van der Waals surface area contributed by atoms with E-state index >= 15 is 0 Å². The quantitative estimate of drug-likeness (QED) is 0.572. The van der Waals surface area contributed by atoms with Gasteiger partial charge in [-0.2, -0.15) is 11.8 Å². The van der Waals surface area contributed by atoms with Crippen LogP contribution >= 0.6 is 11.8 Å². The fraction of sp³-hybridized carbons (Fsp3) is 0.571. The Labute approximate surface area is 124 Å². The predicted molar refractivity (Wildman–Crippen MR) is 83.8 cm³/mol.